The maximum Gasteiger partial charge on any atom is 0.132 e. The molecule has 0 amide bonds. The first-order valence-corrected chi connectivity index (χ1v) is 7.05. The number of nitrogen functional groups attached to an aromatic ring is 1. The number of nitrogens with zero attached hydrogens (tertiary/aromatic N) is 1. The monoisotopic (exact) mass is 282 g/mol. The summed E-state index contributed by atoms with van der Waals surface area (Å²) in [6, 6.07) is 15.8. The number of fused-ring (bicyclic) bond motifs is 1. The zero-order chi connectivity index (χ0) is 13.9. The van der Waals surface area contributed by atoms with Crippen LogP contribution < -0.4 is 10.5 Å². The molecule has 3 aromatic rings. The topological polar surface area (TPSA) is 48.1 Å². The quantitative estimate of drug-likeness (QED) is 0.738. The lowest BCUT2D eigenvalue weighted by Gasteiger charge is -2.10. The molecule has 0 bridgehead atoms. The fourth-order valence-electron chi connectivity index (χ4n) is 2.07. The van der Waals surface area contributed by atoms with Crippen LogP contribution in [0.4, 0.5) is 5.69 Å². The van der Waals surface area contributed by atoms with Crippen molar-refractivity contribution in [2.24, 2.45) is 0 Å². The fraction of sp³-hybridized carbons (Fsp3) is 0.0625. The summed E-state index contributed by atoms with van der Waals surface area (Å²) in [4.78, 5) is 6.37. The average molecular weight is 282 g/mol. The van der Waals surface area contributed by atoms with Crippen molar-refractivity contribution in [2.75, 3.05) is 12.8 Å². The Labute approximate surface area is 121 Å². The van der Waals surface area contributed by atoms with Crippen LogP contribution >= 0.6 is 11.8 Å². The fourth-order valence-corrected chi connectivity index (χ4v) is 3.06. The summed E-state index contributed by atoms with van der Waals surface area (Å²) in [6.45, 7) is 0. The largest absolute Gasteiger partial charge is 0.496 e. The summed E-state index contributed by atoms with van der Waals surface area (Å²) in [5.74, 6) is 0.850. The van der Waals surface area contributed by atoms with Gasteiger partial charge in [-0.1, -0.05) is 23.9 Å². The van der Waals surface area contributed by atoms with Crippen molar-refractivity contribution in [3.63, 3.8) is 0 Å². The van der Waals surface area contributed by atoms with Gasteiger partial charge in [0, 0.05) is 16.5 Å². The Balaban J connectivity index is 2.05. The van der Waals surface area contributed by atoms with E-state index in [0.717, 1.165) is 32.1 Å². The highest BCUT2D eigenvalue weighted by molar-refractivity contribution is 7.99. The van der Waals surface area contributed by atoms with E-state index in [1.54, 1.807) is 25.1 Å². The summed E-state index contributed by atoms with van der Waals surface area (Å²) in [6.07, 6.45) is 1.77. The molecule has 0 radical (unpaired) electrons. The highest BCUT2D eigenvalue weighted by Crippen LogP contribution is 2.39. The van der Waals surface area contributed by atoms with E-state index in [2.05, 4.69) is 4.98 Å². The number of pyridine rings is 1. The van der Waals surface area contributed by atoms with Crippen LogP contribution in [0.3, 0.4) is 0 Å². The maximum atomic E-state index is 6.26. The molecular weight excluding hydrogens is 268 g/mol. The van der Waals surface area contributed by atoms with Gasteiger partial charge in [-0.15, -0.1) is 0 Å². The van der Waals surface area contributed by atoms with Crippen molar-refractivity contribution < 1.29 is 4.74 Å². The minimum Gasteiger partial charge on any atom is -0.496 e. The number of para-hydroxylation sites is 1. The van der Waals surface area contributed by atoms with E-state index in [1.165, 1.54) is 0 Å². The molecule has 0 saturated heterocycles. The second kappa shape index (κ2) is 5.43. The van der Waals surface area contributed by atoms with Gasteiger partial charge in [0.2, 0.25) is 0 Å². The molecule has 0 atom stereocenters. The van der Waals surface area contributed by atoms with Gasteiger partial charge >= 0.3 is 0 Å². The third kappa shape index (κ3) is 2.30. The van der Waals surface area contributed by atoms with Crippen LogP contribution in [0.25, 0.3) is 10.9 Å². The Morgan fingerprint density at radius 1 is 1.00 bits per heavy atom. The molecule has 1 aromatic heterocycles. The van der Waals surface area contributed by atoms with E-state index in [4.69, 9.17) is 10.5 Å². The number of hydrogen-bond acceptors (Lipinski definition) is 4. The van der Waals surface area contributed by atoms with E-state index in [0.29, 0.717) is 0 Å². The highest BCUT2D eigenvalue weighted by Gasteiger charge is 2.09. The number of benzene rings is 2. The predicted octanol–water partition coefficient (Wildman–Crippen LogP) is 3.98. The van der Waals surface area contributed by atoms with Crippen molar-refractivity contribution in [2.45, 2.75) is 9.79 Å². The molecule has 4 heteroatoms. The van der Waals surface area contributed by atoms with Crippen LogP contribution in [-0.4, -0.2) is 12.1 Å². The molecule has 3 nitrogen and oxygen atoms in total. The Kier molecular flexibility index (Phi) is 3.48. The number of methoxy groups -OCH3 is 1. The number of hydrogen-bond donors (Lipinski definition) is 1. The molecule has 0 saturated carbocycles. The van der Waals surface area contributed by atoms with E-state index in [1.807, 2.05) is 48.5 Å². The number of nitrogens with two attached hydrogens (primary N) is 1. The van der Waals surface area contributed by atoms with E-state index in [-0.39, 0.29) is 0 Å². The Morgan fingerprint density at radius 2 is 1.85 bits per heavy atom. The molecular formula is C16H14N2OS. The predicted molar refractivity (Wildman–Crippen MR) is 83.3 cm³/mol. The van der Waals surface area contributed by atoms with Crippen molar-refractivity contribution in [1.82, 2.24) is 4.98 Å². The molecule has 2 N–H and O–H groups in total. The lowest BCUT2D eigenvalue weighted by atomic mass is 10.2. The molecule has 0 spiro atoms. The molecule has 2 aromatic carbocycles. The van der Waals surface area contributed by atoms with Gasteiger partial charge in [0.1, 0.15) is 5.75 Å². The van der Waals surface area contributed by atoms with E-state index >= 15 is 0 Å². The number of aromatic nitrogens is 1. The third-order valence-corrected chi connectivity index (χ3v) is 4.21. The summed E-state index contributed by atoms with van der Waals surface area (Å²) in [5.41, 5.74) is 7.92. The lowest BCUT2D eigenvalue weighted by Crippen LogP contribution is -1.92. The molecule has 20 heavy (non-hydrogen) atoms. The first-order chi connectivity index (χ1) is 9.79. The zero-order valence-corrected chi connectivity index (χ0v) is 11.9. The van der Waals surface area contributed by atoms with Crippen LogP contribution in [0.5, 0.6) is 5.75 Å². The second-order valence-electron chi connectivity index (χ2n) is 4.30. The molecule has 3 rings (SSSR count). The molecule has 1 heterocycles. The first-order valence-electron chi connectivity index (χ1n) is 6.23. The van der Waals surface area contributed by atoms with Gasteiger partial charge < -0.3 is 10.5 Å². The van der Waals surface area contributed by atoms with Gasteiger partial charge in [0.05, 0.1) is 23.2 Å². The molecule has 100 valence electrons. The average Bonchev–Trinajstić information content (AvgIpc) is 2.51. The minimum absolute atomic E-state index is 0.756. The van der Waals surface area contributed by atoms with Gasteiger partial charge in [-0.2, -0.15) is 0 Å². The SMILES string of the molecule is COc1ccccc1Sc1ccc2ncccc2c1N. The van der Waals surface area contributed by atoms with Crippen LogP contribution in [0.1, 0.15) is 0 Å². The smallest absolute Gasteiger partial charge is 0.132 e. The molecule has 0 aliphatic carbocycles. The van der Waals surface area contributed by atoms with Gasteiger partial charge in [-0.3, -0.25) is 4.98 Å². The maximum absolute atomic E-state index is 6.26. The van der Waals surface area contributed by atoms with Crippen molar-refractivity contribution in [3.8, 4) is 5.75 Å². The minimum atomic E-state index is 0.756. The normalized spacial score (nSPS) is 10.7. The summed E-state index contributed by atoms with van der Waals surface area (Å²) in [7, 11) is 1.67. The van der Waals surface area contributed by atoms with E-state index < -0.39 is 0 Å². The second-order valence-corrected chi connectivity index (χ2v) is 5.38. The van der Waals surface area contributed by atoms with Gasteiger partial charge in [0.15, 0.2) is 0 Å². The highest BCUT2D eigenvalue weighted by atomic mass is 32.2. The van der Waals surface area contributed by atoms with Gasteiger partial charge in [-0.05, 0) is 36.4 Å². The van der Waals surface area contributed by atoms with Crippen LogP contribution in [0, 0.1) is 0 Å². The van der Waals surface area contributed by atoms with Crippen molar-refractivity contribution in [1.29, 1.82) is 0 Å². The Morgan fingerprint density at radius 3 is 2.70 bits per heavy atom. The molecule has 0 aliphatic heterocycles. The van der Waals surface area contributed by atoms with Crippen molar-refractivity contribution >= 4 is 28.4 Å². The number of ether oxygens (including phenoxy) is 1. The summed E-state index contributed by atoms with van der Waals surface area (Å²) < 4.78 is 5.37. The zero-order valence-electron chi connectivity index (χ0n) is 11.0. The standard InChI is InChI=1S/C16H14N2OS/c1-19-13-6-2-3-7-14(13)20-15-9-8-12-11(16(15)17)5-4-10-18-12/h2-10H,17H2,1H3. The Bertz CT molecular complexity index is 758. The van der Waals surface area contributed by atoms with Gasteiger partial charge in [-0.25, -0.2) is 0 Å². The Hall–Kier alpha value is -2.20. The van der Waals surface area contributed by atoms with Crippen molar-refractivity contribution in [3.05, 3.63) is 54.7 Å². The summed E-state index contributed by atoms with van der Waals surface area (Å²) in [5, 5.41) is 0.979. The van der Waals surface area contributed by atoms with E-state index in [9.17, 15) is 0 Å². The van der Waals surface area contributed by atoms with Crippen LogP contribution in [0.15, 0.2) is 64.5 Å². The molecule has 0 fully saturated rings. The first kappa shape index (κ1) is 12.8. The number of rotatable bonds is 3. The van der Waals surface area contributed by atoms with Crippen LogP contribution in [-0.2, 0) is 0 Å². The number of anilines is 1. The van der Waals surface area contributed by atoms with Crippen LogP contribution in [0.2, 0.25) is 0 Å². The lowest BCUT2D eigenvalue weighted by molar-refractivity contribution is 0.405. The third-order valence-electron chi connectivity index (χ3n) is 3.08. The summed E-state index contributed by atoms with van der Waals surface area (Å²) >= 11 is 1.60. The van der Waals surface area contributed by atoms with Gasteiger partial charge in [0.25, 0.3) is 0 Å². The molecule has 0 aliphatic rings. The molecule has 0 unspecified atom stereocenters.